The maximum absolute atomic E-state index is 12.9. The molecular formula is C25H30N2O2S2. The Hall–Kier alpha value is -1.66. The summed E-state index contributed by atoms with van der Waals surface area (Å²) in [6.07, 6.45) is 10.7. The average molecular weight is 455 g/mol. The predicted octanol–water partition coefficient (Wildman–Crippen LogP) is 4.93. The predicted molar refractivity (Wildman–Crippen MR) is 129 cm³/mol. The first-order valence-corrected chi connectivity index (χ1v) is 12.8. The van der Waals surface area contributed by atoms with Crippen LogP contribution in [0.1, 0.15) is 63.0 Å². The van der Waals surface area contributed by atoms with Gasteiger partial charge in [0, 0.05) is 18.5 Å². The Morgan fingerprint density at radius 3 is 2.35 bits per heavy atom. The normalized spacial score (nSPS) is 32.9. The molecular weight excluding hydrogens is 424 g/mol. The number of carbonyl (C=O) groups excluding carboxylic acids is 2. The molecule has 2 amide bonds. The summed E-state index contributed by atoms with van der Waals surface area (Å²) in [5.41, 5.74) is 2.29. The lowest BCUT2D eigenvalue weighted by molar-refractivity contribution is -0.127. The van der Waals surface area contributed by atoms with Crippen molar-refractivity contribution in [1.82, 2.24) is 10.2 Å². The molecule has 6 rings (SSSR count). The molecule has 1 aliphatic heterocycles. The van der Waals surface area contributed by atoms with Crippen LogP contribution in [0.25, 0.3) is 6.08 Å². The molecule has 0 radical (unpaired) electrons. The number of nitrogens with zero attached hydrogens (tertiary/aromatic N) is 1. The molecule has 31 heavy (non-hydrogen) atoms. The van der Waals surface area contributed by atoms with Crippen LogP contribution in [0.5, 0.6) is 0 Å². The largest absolute Gasteiger partial charge is 0.351 e. The van der Waals surface area contributed by atoms with Crippen molar-refractivity contribution in [3.63, 3.8) is 0 Å². The Morgan fingerprint density at radius 1 is 1.16 bits per heavy atom. The van der Waals surface area contributed by atoms with E-state index in [1.807, 2.05) is 18.2 Å². The summed E-state index contributed by atoms with van der Waals surface area (Å²) < 4.78 is 0.545. The van der Waals surface area contributed by atoms with Gasteiger partial charge in [0.1, 0.15) is 4.32 Å². The number of hydrogen-bond donors (Lipinski definition) is 1. The molecule has 6 heteroatoms. The molecule has 0 unspecified atom stereocenters. The Balaban J connectivity index is 1.18. The molecule has 0 atom stereocenters. The zero-order chi connectivity index (χ0) is 21.6. The highest BCUT2D eigenvalue weighted by Crippen LogP contribution is 2.55. The minimum absolute atomic E-state index is 0.0197. The lowest BCUT2D eigenvalue weighted by atomic mass is 9.53. The molecule has 0 spiro atoms. The van der Waals surface area contributed by atoms with Gasteiger partial charge in [0.2, 0.25) is 5.91 Å². The van der Waals surface area contributed by atoms with Crippen molar-refractivity contribution in [2.24, 2.45) is 17.8 Å². The van der Waals surface area contributed by atoms with Crippen molar-refractivity contribution < 1.29 is 9.59 Å². The van der Waals surface area contributed by atoms with Crippen molar-refractivity contribution in [3.05, 3.63) is 40.3 Å². The maximum atomic E-state index is 12.9. The lowest BCUT2D eigenvalue weighted by Crippen LogP contribution is -2.60. The molecule has 1 saturated heterocycles. The molecule has 4 bridgehead atoms. The van der Waals surface area contributed by atoms with E-state index in [0.717, 1.165) is 49.0 Å². The molecule has 4 aliphatic carbocycles. The number of amides is 2. The minimum Gasteiger partial charge on any atom is -0.351 e. The van der Waals surface area contributed by atoms with Gasteiger partial charge in [-0.15, -0.1) is 0 Å². The van der Waals surface area contributed by atoms with E-state index in [2.05, 4.69) is 24.4 Å². The topological polar surface area (TPSA) is 49.4 Å². The van der Waals surface area contributed by atoms with E-state index in [0.29, 0.717) is 22.2 Å². The van der Waals surface area contributed by atoms with Crippen molar-refractivity contribution in [1.29, 1.82) is 0 Å². The molecule has 0 aromatic heterocycles. The van der Waals surface area contributed by atoms with Gasteiger partial charge in [-0.1, -0.05) is 55.2 Å². The third kappa shape index (κ3) is 4.34. The summed E-state index contributed by atoms with van der Waals surface area (Å²) in [5.74, 6) is 2.38. The van der Waals surface area contributed by atoms with Gasteiger partial charge in [-0.25, -0.2) is 0 Å². The van der Waals surface area contributed by atoms with E-state index in [9.17, 15) is 9.59 Å². The molecule has 164 valence electrons. The van der Waals surface area contributed by atoms with Crippen LogP contribution >= 0.6 is 24.0 Å². The number of benzene rings is 1. The second-order valence-electron chi connectivity index (χ2n) is 9.92. The molecule has 1 heterocycles. The molecule has 4 nitrogen and oxygen atoms in total. The fourth-order valence-corrected chi connectivity index (χ4v) is 7.84. The number of rotatable bonds is 6. The molecule has 5 fully saturated rings. The molecule has 1 aromatic carbocycles. The Labute approximate surface area is 194 Å². The maximum Gasteiger partial charge on any atom is 0.266 e. The van der Waals surface area contributed by atoms with Crippen molar-refractivity contribution >= 4 is 46.2 Å². The zero-order valence-electron chi connectivity index (χ0n) is 18.1. The second-order valence-corrected chi connectivity index (χ2v) is 11.6. The fourth-order valence-electron chi connectivity index (χ4n) is 6.53. The van der Waals surface area contributed by atoms with Gasteiger partial charge in [-0.3, -0.25) is 14.5 Å². The van der Waals surface area contributed by atoms with Gasteiger partial charge in [-0.2, -0.15) is 0 Å². The van der Waals surface area contributed by atoms with Crippen LogP contribution in [0.4, 0.5) is 0 Å². The Morgan fingerprint density at radius 2 is 1.77 bits per heavy atom. The summed E-state index contributed by atoms with van der Waals surface area (Å²) >= 11 is 6.78. The molecule has 1 aromatic rings. The summed E-state index contributed by atoms with van der Waals surface area (Å²) in [6, 6.07) is 8.23. The van der Waals surface area contributed by atoms with Gasteiger partial charge >= 0.3 is 0 Å². The third-order valence-electron chi connectivity index (χ3n) is 7.56. The van der Waals surface area contributed by atoms with Gasteiger partial charge in [-0.05, 0) is 79.9 Å². The van der Waals surface area contributed by atoms with E-state index < -0.39 is 0 Å². The van der Waals surface area contributed by atoms with Crippen LogP contribution in [-0.2, 0) is 16.0 Å². The summed E-state index contributed by atoms with van der Waals surface area (Å²) in [4.78, 5) is 27.9. The number of thioether (sulfide) groups is 1. The zero-order valence-corrected chi connectivity index (χ0v) is 19.7. The number of thiocarbonyl (C=S) groups is 1. The Kier molecular flexibility index (Phi) is 5.72. The second kappa shape index (κ2) is 8.36. The first-order valence-electron chi connectivity index (χ1n) is 11.6. The van der Waals surface area contributed by atoms with Crippen LogP contribution in [0.2, 0.25) is 0 Å². The van der Waals surface area contributed by atoms with Crippen LogP contribution in [0.15, 0.2) is 29.2 Å². The highest BCUT2D eigenvalue weighted by molar-refractivity contribution is 8.26. The first-order chi connectivity index (χ1) is 14.9. The van der Waals surface area contributed by atoms with Crippen LogP contribution in [-0.4, -0.2) is 33.1 Å². The summed E-state index contributed by atoms with van der Waals surface area (Å²) in [6.45, 7) is 2.48. The fraction of sp³-hybridized carbons (Fsp3) is 0.560. The lowest BCUT2D eigenvalue weighted by Gasteiger charge is -2.57. The van der Waals surface area contributed by atoms with Crippen molar-refractivity contribution in [3.8, 4) is 0 Å². The van der Waals surface area contributed by atoms with Crippen LogP contribution in [0.3, 0.4) is 0 Å². The summed E-state index contributed by atoms with van der Waals surface area (Å²) in [5, 5.41) is 3.40. The van der Waals surface area contributed by atoms with Crippen molar-refractivity contribution in [2.45, 2.75) is 63.8 Å². The number of hydrogen-bond acceptors (Lipinski definition) is 4. The average Bonchev–Trinajstić information content (AvgIpc) is 2.98. The van der Waals surface area contributed by atoms with Crippen LogP contribution < -0.4 is 5.32 Å². The van der Waals surface area contributed by atoms with Gasteiger partial charge < -0.3 is 5.32 Å². The monoisotopic (exact) mass is 454 g/mol. The number of carbonyl (C=O) groups is 2. The highest BCUT2D eigenvalue weighted by Gasteiger charge is 2.51. The van der Waals surface area contributed by atoms with E-state index in [4.69, 9.17) is 12.2 Å². The highest BCUT2D eigenvalue weighted by atomic mass is 32.2. The first kappa shape index (κ1) is 21.2. The van der Waals surface area contributed by atoms with Crippen molar-refractivity contribution in [2.75, 3.05) is 6.54 Å². The van der Waals surface area contributed by atoms with Crippen LogP contribution in [0, 0.1) is 17.8 Å². The molecule has 1 N–H and O–H groups in total. The van der Waals surface area contributed by atoms with E-state index in [-0.39, 0.29) is 17.4 Å². The minimum atomic E-state index is -0.0860. The quantitative estimate of drug-likeness (QED) is 0.489. The molecule has 5 aliphatic rings. The molecule has 4 saturated carbocycles. The SMILES string of the molecule is CCc1ccc(/C=C2\SC(=S)N(CCC(=O)NC34CC5CC(CC(C5)C3)C4)C2=O)cc1. The van der Waals surface area contributed by atoms with E-state index in [1.165, 1.54) is 36.6 Å². The number of nitrogens with one attached hydrogen (secondary N) is 1. The van der Waals surface area contributed by atoms with E-state index >= 15 is 0 Å². The summed E-state index contributed by atoms with van der Waals surface area (Å²) in [7, 11) is 0. The Bertz CT molecular complexity index is 902. The number of aryl methyl sites for hydroxylation is 1. The van der Waals surface area contributed by atoms with Gasteiger partial charge in [0.05, 0.1) is 4.91 Å². The smallest absolute Gasteiger partial charge is 0.266 e. The third-order valence-corrected chi connectivity index (χ3v) is 8.94. The van der Waals surface area contributed by atoms with Gasteiger partial charge in [0.25, 0.3) is 5.91 Å². The van der Waals surface area contributed by atoms with E-state index in [1.54, 1.807) is 4.90 Å². The van der Waals surface area contributed by atoms with Gasteiger partial charge in [0.15, 0.2) is 0 Å². The standard InChI is InChI=1S/C25H30N2O2S2/c1-2-16-3-5-17(6-4-16)12-21-23(29)27(24(30)31-21)8-7-22(28)26-25-13-18-9-19(14-25)11-20(10-18)15-25/h3-6,12,18-20H,2,7-11,13-15H2,1H3,(H,26,28)/b21-12-.